The van der Waals surface area contributed by atoms with Gasteiger partial charge in [0.25, 0.3) is 0 Å². The fourth-order valence-corrected chi connectivity index (χ4v) is 1.44. The van der Waals surface area contributed by atoms with Gasteiger partial charge in [0.15, 0.2) is 0 Å². The molecule has 0 saturated heterocycles. The van der Waals surface area contributed by atoms with Crippen LogP contribution in [0.3, 0.4) is 0 Å². The number of aryl methyl sites for hydroxylation is 1. The molecule has 0 radical (unpaired) electrons. The van der Waals surface area contributed by atoms with E-state index in [0.29, 0.717) is 0 Å². The number of pyridine rings is 1. The average Bonchev–Trinajstić information content (AvgIpc) is 2.08. The van der Waals surface area contributed by atoms with Crippen LogP contribution in [-0.4, -0.2) is 11.0 Å². The molecular formula is C10H15ClN2. The van der Waals surface area contributed by atoms with Gasteiger partial charge in [-0.3, -0.25) is 4.98 Å². The lowest BCUT2D eigenvalue weighted by molar-refractivity contribution is 0.624. The van der Waals surface area contributed by atoms with E-state index in [1.807, 2.05) is 13.0 Å². The number of aromatic nitrogens is 1. The highest BCUT2D eigenvalue weighted by atomic mass is 35.5. The van der Waals surface area contributed by atoms with Crippen LogP contribution in [0, 0.1) is 0 Å². The van der Waals surface area contributed by atoms with Gasteiger partial charge in [-0.1, -0.05) is 11.6 Å². The van der Waals surface area contributed by atoms with E-state index in [9.17, 15) is 0 Å². The molecule has 0 fully saturated rings. The third-order valence-electron chi connectivity index (χ3n) is 1.96. The summed E-state index contributed by atoms with van der Waals surface area (Å²) < 4.78 is 0. The summed E-state index contributed by atoms with van der Waals surface area (Å²) >= 11 is 5.95. The monoisotopic (exact) mass is 198 g/mol. The summed E-state index contributed by atoms with van der Waals surface area (Å²) in [5, 5.41) is 0.757. The SMILES string of the molecule is CC(N)CCCc1ccncc1Cl. The van der Waals surface area contributed by atoms with Crippen molar-refractivity contribution in [3.05, 3.63) is 29.0 Å². The second-order valence-corrected chi connectivity index (χ2v) is 3.74. The Morgan fingerprint density at radius 1 is 1.62 bits per heavy atom. The molecule has 0 aliphatic rings. The van der Waals surface area contributed by atoms with Crippen molar-refractivity contribution in [1.29, 1.82) is 0 Å². The fourth-order valence-electron chi connectivity index (χ4n) is 1.22. The fraction of sp³-hybridized carbons (Fsp3) is 0.500. The number of rotatable bonds is 4. The summed E-state index contributed by atoms with van der Waals surface area (Å²) in [6.07, 6.45) is 6.57. The quantitative estimate of drug-likeness (QED) is 0.807. The maximum absolute atomic E-state index is 5.95. The highest BCUT2D eigenvalue weighted by Crippen LogP contribution is 2.15. The van der Waals surface area contributed by atoms with Gasteiger partial charge in [0, 0.05) is 18.4 Å². The molecule has 2 nitrogen and oxygen atoms in total. The number of hydrogen-bond acceptors (Lipinski definition) is 2. The van der Waals surface area contributed by atoms with Crippen molar-refractivity contribution in [3.8, 4) is 0 Å². The lowest BCUT2D eigenvalue weighted by atomic mass is 10.1. The third kappa shape index (κ3) is 3.75. The van der Waals surface area contributed by atoms with Crippen LogP contribution in [0.5, 0.6) is 0 Å². The number of nitrogens with zero attached hydrogens (tertiary/aromatic N) is 1. The molecule has 0 aliphatic heterocycles. The third-order valence-corrected chi connectivity index (χ3v) is 2.30. The number of nitrogens with two attached hydrogens (primary N) is 1. The Labute approximate surface area is 84.1 Å². The predicted molar refractivity (Wildman–Crippen MR) is 55.8 cm³/mol. The predicted octanol–water partition coefficient (Wildman–Crippen LogP) is 2.40. The van der Waals surface area contributed by atoms with E-state index < -0.39 is 0 Å². The van der Waals surface area contributed by atoms with Crippen LogP contribution in [0.15, 0.2) is 18.5 Å². The van der Waals surface area contributed by atoms with E-state index in [1.165, 1.54) is 0 Å². The summed E-state index contributed by atoms with van der Waals surface area (Å²) in [4.78, 5) is 3.93. The van der Waals surface area contributed by atoms with Gasteiger partial charge >= 0.3 is 0 Å². The van der Waals surface area contributed by atoms with Crippen molar-refractivity contribution in [1.82, 2.24) is 4.98 Å². The molecule has 1 aromatic rings. The molecule has 1 aromatic heterocycles. The van der Waals surface area contributed by atoms with E-state index in [4.69, 9.17) is 17.3 Å². The van der Waals surface area contributed by atoms with Crippen molar-refractivity contribution in [2.24, 2.45) is 5.73 Å². The van der Waals surface area contributed by atoms with Gasteiger partial charge < -0.3 is 5.73 Å². The molecule has 0 aromatic carbocycles. The Morgan fingerprint density at radius 3 is 3.00 bits per heavy atom. The molecule has 0 saturated carbocycles. The summed E-state index contributed by atoms with van der Waals surface area (Å²) in [5.74, 6) is 0. The first-order valence-corrected chi connectivity index (χ1v) is 4.92. The van der Waals surface area contributed by atoms with Gasteiger partial charge in [-0.25, -0.2) is 0 Å². The van der Waals surface area contributed by atoms with Gasteiger partial charge in [0.1, 0.15) is 0 Å². The zero-order valence-corrected chi connectivity index (χ0v) is 8.59. The van der Waals surface area contributed by atoms with E-state index in [1.54, 1.807) is 12.4 Å². The molecule has 2 N–H and O–H groups in total. The molecule has 0 amide bonds. The molecule has 3 heteroatoms. The normalized spacial score (nSPS) is 12.8. The molecule has 1 heterocycles. The van der Waals surface area contributed by atoms with Crippen LogP contribution in [0.2, 0.25) is 5.02 Å². The maximum atomic E-state index is 5.95. The standard InChI is InChI=1S/C10H15ClN2/c1-8(12)3-2-4-9-5-6-13-7-10(9)11/h5-8H,2-4,12H2,1H3. The Balaban J connectivity index is 2.41. The van der Waals surface area contributed by atoms with Gasteiger partial charge in [0.2, 0.25) is 0 Å². The van der Waals surface area contributed by atoms with Crippen LogP contribution >= 0.6 is 11.6 Å². The van der Waals surface area contributed by atoms with Crippen LogP contribution in [0.4, 0.5) is 0 Å². The summed E-state index contributed by atoms with van der Waals surface area (Å²) in [6, 6.07) is 2.24. The average molecular weight is 199 g/mol. The molecule has 0 bridgehead atoms. The molecule has 1 unspecified atom stereocenters. The van der Waals surface area contributed by atoms with Crippen molar-refractivity contribution < 1.29 is 0 Å². The summed E-state index contributed by atoms with van der Waals surface area (Å²) in [6.45, 7) is 2.02. The maximum Gasteiger partial charge on any atom is 0.0621 e. The highest BCUT2D eigenvalue weighted by molar-refractivity contribution is 6.31. The van der Waals surface area contributed by atoms with Crippen LogP contribution in [-0.2, 0) is 6.42 Å². The lowest BCUT2D eigenvalue weighted by Crippen LogP contribution is -2.14. The zero-order valence-electron chi connectivity index (χ0n) is 7.83. The Bertz CT molecular complexity index is 261. The van der Waals surface area contributed by atoms with Gasteiger partial charge in [0.05, 0.1) is 5.02 Å². The molecule has 0 spiro atoms. The minimum Gasteiger partial charge on any atom is -0.328 e. The van der Waals surface area contributed by atoms with Gasteiger partial charge in [-0.15, -0.1) is 0 Å². The van der Waals surface area contributed by atoms with E-state index in [-0.39, 0.29) is 6.04 Å². The van der Waals surface area contributed by atoms with Crippen molar-refractivity contribution in [2.45, 2.75) is 32.2 Å². The zero-order chi connectivity index (χ0) is 9.68. The van der Waals surface area contributed by atoms with Crippen molar-refractivity contribution >= 4 is 11.6 Å². The van der Waals surface area contributed by atoms with Crippen LogP contribution in [0.25, 0.3) is 0 Å². The largest absolute Gasteiger partial charge is 0.328 e. The first-order valence-electron chi connectivity index (χ1n) is 4.54. The van der Waals surface area contributed by atoms with Gasteiger partial charge in [-0.2, -0.15) is 0 Å². The highest BCUT2D eigenvalue weighted by Gasteiger charge is 2.00. The molecule has 72 valence electrons. The molecule has 1 rings (SSSR count). The van der Waals surface area contributed by atoms with E-state index in [0.717, 1.165) is 29.8 Å². The lowest BCUT2D eigenvalue weighted by Gasteiger charge is -2.05. The first-order chi connectivity index (χ1) is 6.20. The number of halogens is 1. The molecule has 13 heavy (non-hydrogen) atoms. The molecule has 1 atom stereocenters. The Kier molecular flexibility index (Phi) is 4.19. The van der Waals surface area contributed by atoms with E-state index >= 15 is 0 Å². The Hall–Kier alpha value is -0.600. The first kappa shape index (κ1) is 10.5. The van der Waals surface area contributed by atoms with E-state index in [2.05, 4.69) is 4.98 Å². The van der Waals surface area contributed by atoms with Crippen molar-refractivity contribution in [2.75, 3.05) is 0 Å². The Morgan fingerprint density at radius 2 is 2.38 bits per heavy atom. The van der Waals surface area contributed by atoms with Crippen LogP contribution in [0.1, 0.15) is 25.3 Å². The molecule has 0 aliphatic carbocycles. The summed E-state index contributed by atoms with van der Waals surface area (Å²) in [5.41, 5.74) is 6.81. The smallest absolute Gasteiger partial charge is 0.0621 e. The second kappa shape index (κ2) is 5.20. The topological polar surface area (TPSA) is 38.9 Å². The van der Waals surface area contributed by atoms with Crippen LogP contribution < -0.4 is 5.73 Å². The minimum atomic E-state index is 0.278. The number of hydrogen-bond donors (Lipinski definition) is 1. The summed E-state index contributed by atoms with van der Waals surface area (Å²) in [7, 11) is 0. The molecular weight excluding hydrogens is 184 g/mol. The second-order valence-electron chi connectivity index (χ2n) is 3.34. The minimum absolute atomic E-state index is 0.278. The van der Waals surface area contributed by atoms with Crippen molar-refractivity contribution in [3.63, 3.8) is 0 Å². The van der Waals surface area contributed by atoms with Gasteiger partial charge in [-0.05, 0) is 37.8 Å².